The van der Waals surface area contributed by atoms with Crippen LogP contribution >= 0.6 is 15.9 Å². The van der Waals surface area contributed by atoms with Crippen LogP contribution in [0, 0.1) is 20.8 Å². The van der Waals surface area contributed by atoms with Crippen LogP contribution in [0.2, 0.25) is 0 Å². The Labute approximate surface area is 192 Å². The minimum Gasteiger partial charge on any atom is -0.329 e. The highest BCUT2D eigenvalue weighted by atomic mass is 79.9. The Kier molecular flexibility index (Phi) is 5.88. The summed E-state index contributed by atoms with van der Waals surface area (Å²) in [5, 5.41) is 0. The van der Waals surface area contributed by atoms with Gasteiger partial charge in [0.1, 0.15) is 0 Å². The summed E-state index contributed by atoms with van der Waals surface area (Å²) in [5.74, 6) is 0. The second-order valence-electron chi connectivity index (χ2n) is 8.68. The molecule has 2 nitrogen and oxygen atoms in total. The lowest BCUT2D eigenvalue weighted by atomic mass is 9.87. The maximum absolute atomic E-state index is 14.5. The van der Waals surface area contributed by atoms with E-state index in [1.54, 1.807) is 0 Å². The van der Waals surface area contributed by atoms with E-state index < -0.39 is 7.40 Å². The van der Waals surface area contributed by atoms with Crippen molar-refractivity contribution in [1.82, 2.24) is 4.48 Å². The first-order chi connectivity index (χ1) is 14.7. The molecule has 0 unspecified atom stereocenters. The number of hydrogen-bond donors (Lipinski definition) is 0. The molecule has 162 valence electrons. The summed E-state index contributed by atoms with van der Waals surface area (Å²) in [6.45, 7) is 12.2. The maximum Gasteiger partial charge on any atom is 0.677 e. The molecule has 0 saturated heterocycles. The third kappa shape index (κ3) is 3.47. The van der Waals surface area contributed by atoms with Crippen LogP contribution in [-0.2, 0) is 12.8 Å². The fourth-order valence-corrected chi connectivity index (χ4v) is 6.07. The van der Waals surface area contributed by atoms with E-state index in [1.165, 1.54) is 4.48 Å². The summed E-state index contributed by atoms with van der Waals surface area (Å²) >= 11 is 3.59. The molecule has 6 heteroatoms. The number of benzene rings is 1. The van der Waals surface area contributed by atoms with Gasteiger partial charge in [0.05, 0.1) is 5.70 Å². The Hall–Kier alpha value is -1.95. The highest BCUT2D eigenvalue weighted by molar-refractivity contribution is 9.10. The van der Waals surface area contributed by atoms with E-state index in [0.717, 1.165) is 86.1 Å². The Morgan fingerprint density at radius 1 is 1.06 bits per heavy atom. The number of aromatic nitrogens is 1. The normalized spacial score (nSPS) is 17.4. The van der Waals surface area contributed by atoms with Crippen molar-refractivity contribution in [3.8, 4) is 0 Å². The van der Waals surface area contributed by atoms with E-state index in [-0.39, 0.29) is 0 Å². The average Bonchev–Trinajstić information content (AvgIpc) is 3.33. The van der Waals surface area contributed by atoms with E-state index in [4.69, 9.17) is 4.99 Å². The summed E-state index contributed by atoms with van der Waals surface area (Å²) in [5.41, 5.74) is 11.7. The van der Waals surface area contributed by atoms with Gasteiger partial charge in [-0.05, 0) is 111 Å². The van der Waals surface area contributed by atoms with Gasteiger partial charge in [-0.3, -0.25) is 13.6 Å². The first-order valence-electron chi connectivity index (χ1n) is 11.0. The van der Waals surface area contributed by atoms with Crippen molar-refractivity contribution < 1.29 is 8.63 Å². The third-order valence-electron chi connectivity index (χ3n) is 6.87. The molecular weight excluding hydrogens is 457 g/mol. The number of allylic oxidation sites excluding steroid dienone is 2. The van der Waals surface area contributed by atoms with Crippen LogP contribution in [0.25, 0.3) is 5.57 Å². The van der Waals surface area contributed by atoms with Crippen molar-refractivity contribution in [3.63, 3.8) is 0 Å². The van der Waals surface area contributed by atoms with Crippen LogP contribution in [0.5, 0.6) is 0 Å². The predicted molar refractivity (Wildman–Crippen MR) is 130 cm³/mol. The van der Waals surface area contributed by atoms with Crippen molar-refractivity contribution in [2.75, 3.05) is 0 Å². The van der Waals surface area contributed by atoms with E-state index in [2.05, 4.69) is 55.8 Å². The molecule has 0 bridgehead atoms. The molecule has 1 aromatic carbocycles. The van der Waals surface area contributed by atoms with E-state index in [0.29, 0.717) is 11.4 Å². The summed E-state index contributed by atoms with van der Waals surface area (Å²) in [6.07, 6.45) is 3.54. The van der Waals surface area contributed by atoms with Gasteiger partial charge in [-0.15, -0.1) is 0 Å². The van der Waals surface area contributed by atoms with Crippen molar-refractivity contribution in [2.24, 2.45) is 4.99 Å². The van der Waals surface area contributed by atoms with Gasteiger partial charge < -0.3 is 4.48 Å². The molecule has 2 aromatic rings. The van der Waals surface area contributed by atoms with E-state index in [1.807, 2.05) is 13.8 Å². The molecule has 31 heavy (non-hydrogen) atoms. The van der Waals surface area contributed by atoms with Gasteiger partial charge in [0.25, 0.3) is 0 Å². The number of nitrogens with zero attached hydrogens (tertiary/aromatic N) is 2. The molecule has 0 fully saturated rings. The summed E-state index contributed by atoms with van der Waals surface area (Å²) < 4.78 is 31.2. The Balaban J connectivity index is 2.20. The van der Waals surface area contributed by atoms with E-state index >= 15 is 0 Å². The average molecular weight is 485 g/mol. The highest BCUT2D eigenvalue weighted by Crippen LogP contribution is 2.45. The van der Waals surface area contributed by atoms with Crippen LogP contribution in [0.4, 0.5) is 8.63 Å². The number of rotatable bonds is 4. The number of aryl methyl sites for hydroxylation is 2. The van der Waals surface area contributed by atoms with Gasteiger partial charge in [-0.25, -0.2) is 0 Å². The predicted octanol–water partition coefficient (Wildman–Crippen LogP) is 7.40. The Morgan fingerprint density at radius 2 is 1.68 bits per heavy atom. The zero-order valence-corrected chi connectivity index (χ0v) is 20.7. The Morgan fingerprint density at radius 3 is 2.26 bits per heavy atom. The fraction of sp³-hybridized carbons (Fsp3) is 0.400. The molecule has 2 aliphatic rings. The molecule has 1 aliphatic heterocycles. The summed E-state index contributed by atoms with van der Waals surface area (Å²) in [4.78, 5) is 4.97. The van der Waals surface area contributed by atoms with Crippen LogP contribution in [-0.4, -0.2) is 17.6 Å². The number of hydrogen-bond acceptors (Lipinski definition) is 1. The molecular formula is C25H28BBrF2N2. The largest absolute Gasteiger partial charge is 0.677 e. The molecule has 0 atom stereocenters. The maximum atomic E-state index is 14.5. The zero-order valence-electron chi connectivity index (χ0n) is 19.1. The second-order valence-corrected chi connectivity index (χ2v) is 9.60. The van der Waals surface area contributed by atoms with Gasteiger partial charge in [-0.2, -0.15) is 0 Å². The van der Waals surface area contributed by atoms with Gasteiger partial charge in [0.15, 0.2) is 0 Å². The number of halogens is 3. The molecule has 0 radical (unpaired) electrons. The smallest absolute Gasteiger partial charge is 0.329 e. The van der Waals surface area contributed by atoms with Crippen molar-refractivity contribution in [1.29, 1.82) is 0 Å². The minimum absolute atomic E-state index is 0.667. The van der Waals surface area contributed by atoms with Crippen LogP contribution in [0.1, 0.15) is 72.8 Å². The summed E-state index contributed by atoms with van der Waals surface area (Å²) in [6, 6.07) is 4.14. The molecule has 2 heterocycles. The molecule has 0 N–H and O–H groups in total. The van der Waals surface area contributed by atoms with Crippen LogP contribution in [0.15, 0.2) is 38.4 Å². The monoisotopic (exact) mass is 484 g/mol. The Bertz CT molecular complexity index is 1160. The first-order valence-corrected chi connectivity index (χ1v) is 11.7. The fourth-order valence-electron chi connectivity index (χ4n) is 5.39. The lowest BCUT2D eigenvalue weighted by Crippen LogP contribution is -2.19. The van der Waals surface area contributed by atoms with Gasteiger partial charge in [-0.1, -0.05) is 22.9 Å². The molecule has 0 spiro atoms. The van der Waals surface area contributed by atoms with Gasteiger partial charge >= 0.3 is 7.40 Å². The number of fused-ring (bicyclic) bond motifs is 1. The number of aliphatic imine (C=N–C) groups is 1. The zero-order chi connectivity index (χ0) is 22.6. The van der Waals surface area contributed by atoms with Crippen molar-refractivity contribution in [3.05, 3.63) is 72.7 Å². The standard InChI is InChI=1S/C25H28BBrF2N2/c1-7-19-15(4)16(5)30-24(19)23(22-13(2)11-18(27)12-14(22)3)25-21-10-8-9-20(21)17(6)31(25)26(28)29/h11-12H,7-10H2,1-6H3/b24-23-. The molecule has 4 rings (SSSR count). The second kappa shape index (κ2) is 8.20. The lowest BCUT2D eigenvalue weighted by Gasteiger charge is -2.21. The van der Waals surface area contributed by atoms with Crippen LogP contribution in [0.3, 0.4) is 0 Å². The molecule has 0 amide bonds. The molecule has 1 aliphatic carbocycles. The highest BCUT2D eigenvalue weighted by Gasteiger charge is 2.36. The third-order valence-corrected chi connectivity index (χ3v) is 7.33. The first kappa shape index (κ1) is 22.3. The van der Waals surface area contributed by atoms with Crippen molar-refractivity contribution in [2.45, 2.75) is 67.2 Å². The SMILES string of the molecule is CCC1=C(C)C(C)=N/C1=C(/c1c(C)cc(Br)cc1C)c1c2c(c(C)n1B(F)F)CCC2. The van der Waals surface area contributed by atoms with Crippen molar-refractivity contribution >= 4 is 34.6 Å². The molecule has 0 saturated carbocycles. The topological polar surface area (TPSA) is 17.3 Å². The molecule has 1 aromatic heterocycles. The lowest BCUT2D eigenvalue weighted by molar-refractivity contribution is 0.622. The van der Waals surface area contributed by atoms with Gasteiger partial charge in [0, 0.05) is 27.1 Å². The van der Waals surface area contributed by atoms with Crippen LogP contribution < -0.4 is 0 Å². The quantitative estimate of drug-likeness (QED) is 0.402. The van der Waals surface area contributed by atoms with Gasteiger partial charge in [0.2, 0.25) is 0 Å². The summed E-state index contributed by atoms with van der Waals surface area (Å²) in [7, 11) is -2.59. The van der Waals surface area contributed by atoms with E-state index in [9.17, 15) is 8.63 Å². The minimum atomic E-state index is -2.59.